The number of esters is 1. The van der Waals surface area contributed by atoms with E-state index in [0.717, 1.165) is 25.7 Å². The largest absolute Gasteiger partial charge is 0.478 e. The smallest absolute Gasteiger partial charge is 0.339 e. The topological polar surface area (TPSA) is 63.6 Å². The Morgan fingerprint density at radius 2 is 1.73 bits per heavy atom. The van der Waals surface area contributed by atoms with Gasteiger partial charge in [0.05, 0.1) is 17.7 Å². The van der Waals surface area contributed by atoms with Crippen molar-refractivity contribution in [3.63, 3.8) is 0 Å². The maximum atomic E-state index is 12.1. The summed E-state index contributed by atoms with van der Waals surface area (Å²) in [5.74, 6) is -0.663. The lowest BCUT2D eigenvalue weighted by Gasteiger charge is -2.17. The Kier molecular flexibility index (Phi) is 7.64. The molecule has 0 aliphatic carbocycles. The highest BCUT2D eigenvalue weighted by atomic mass is 16.5. The molecule has 122 valence electrons. The number of hydrogen-bond acceptors (Lipinski definition) is 3. The molecule has 0 saturated carbocycles. The molecular weight excluding hydrogens is 280 g/mol. The van der Waals surface area contributed by atoms with Crippen molar-refractivity contribution in [2.24, 2.45) is 11.8 Å². The fraction of sp³-hybridized carbons (Fsp3) is 0.556. The molecule has 1 aromatic rings. The van der Waals surface area contributed by atoms with Crippen LogP contribution in [0.15, 0.2) is 24.3 Å². The van der Waals surface area contributed by atoms with E-state index in [9.17, 15) is 9.59 Å². The maximum absolute atomic E-state index is 12.1. The normalized spacial score (nSPS) is 13.4. The van der Waals surface area contributed by atoms with Gasteiger partial charge >= 0.3 is 11.9 Å². The molecule has 2 atom stereocenters. The van der Waals surface area contributed by atoms with Crippen molar-refractivity contribution >= 4 is 11.9 Å². The highest BCUT2D eigenvalue weighted by Crippen LogP contribution is 2.19. The number of ether oxygens (including phenoxy) is 1. The number of carbonyl (C=O) groups is 2. The molecule has 4 nitrogen and oxygen atoms in total. The fourth-order valence-electron chi connectivity index (χ4n) is 2.25. The summed E-state index contributed by atoms with van der Waals surface area (Å²) < 4.78 is 5.34. The Labute approximate surface area is 132 Å². The molecule has 2 unspecified atom stereocenters. The minimum absolute atomic E-state index is 0.0137. The zero-order chi connectivity index (χ0) is 16.5. The van der Waals surface area contributed by atoms with Crippen LogP contribution in [-0.2, 0) is 4.74 Å². The van der Waals surface area contributed by atoms with Crippen molar-refractivity contribution < 1.29 is 19.4 Å². The lowest BCUT2D eigenvalue weighted by atomic mass is 9.94. The minimum atomic E-state index is -1.11. The standard InChI is InChI=1S/C18H26O4/c1-4-13(3)10-11-14(5-2)12-22-18(21)16-9-7-6-8-15(16)17(19)20/h6-9,13-14H,4-5,10-12H2,1-3H3,(H,19,20). The van der Waals surface area contributed by atoms with Crippen molar-refractivity contribution in [1.82, 2.24) is 0 Å². The molecule has 1 N–H and O–H groups in total. The van der Waals surface area contributed by atoms with E-state index in [1.54, 1.807) is 12.1 Å². The third kappa shape index (κ3) is 5.51. The molecule has 0 fully saturated rings. The molecule has 0 aromatic heterocycles. The molecule has 0 saturated heterocycles. The van der Waals surface area contributed by atoms with E-state index in [1.807, 2.05) is 0 Å². The molecule has 4 heteroatoms. The van der Waals surface area contributed by atoms with Gasteiger partial charge in [0, 0.05) is 0 Å². The summed E-state index contributed by atoms with van der Waals surface area (Å²) in [7, 11) is 0. The molecule has 0 bridgehead atoms. The molecule has 0 amide bonds. The van der Waals surface area contributed by atoms with E-state index in [1.165, 1.54) is 12.1 Å². The van der Waals surface area contributed by atoms with Crippen molar-refractivity contribution in [1.29, 1.82) is 0 Å². The predicted molar refractivity (Wildman–Crippen MR) is 86.2 cm³/mol. The third-order valence-electron chi connectivity index (χ3n) is 4.17. The van der Waals surface area contributed by atoms with Crippen molar-refractivity contribution in [2.45, 2.75) is 46.5 Å². The molecule has 1 rings (SSSR count). The summed E-state index contributed by atoms with van der Waals surface area (Å²) in [5, 5.41) is 9.10. The van der Waals surface area contributed by atoms with Crippen LogP contribution in [0.1, 0.15) is 67.2 Å². The first-order valence-corrected chi connectivity index (χ1v) is 7.98. The molecule has 0 spiro atoms. The Morgan fingerprint density at radius 1 is 1.09 bits per heavy atom. The summed E-state index contributed by atoms with van der Waals surface area (Å²) in [6, 6.07) is 6.15. The molecule has 0 aliphatic heterocycles. The Bertz CT molecular complexity index is 496. The van der Waals surface area contributed by atoms with Gasteiger partial charge in [-0.1, -0.05) is 52.2 Å². The molecule has 0 radical (unpaired) electrons. The zero-order valence-corrected chi connectivity index (χ0v) is 13.7. The number of rotatable bonds is 9. The van der Waals surface area contributed by atoms with Gasteiger partial charge in [-0.05, 0) is 30.4 Å². The fourth-order valence-corrected chi connectivity index (χ4v) is 2.25. The highest BCUT2D eigenvalue weighted by Gasteiger charge is 2.18. The summed E-state index contributed by atoms with van der Waals surface area (Å²) in [5.41, 5.74) is 0.104. The van der Waals surface area contributed by atoms with Gasteiger partial charge in [-0.15, -0.1) is 0 Å². The van der Waals surface area contributed by atoms with Gasteiger partial charge in [0.15, 0.2) is 0 Å². The monoisotopic (exact) mass is 306 g/mol. The van der Waals surface area contributed by atoms with Gasteiger partial charge in [0.2, 0.25) is 0 Å². The SMILES string of the molecule is CCC(C)CCC(CC)COC(=O)c1ccccc1C(=O)O. The van der Waals surface area contributed by atoms with Crippen LogP contribution >= 0.6 is 0 Å². The summed E-state index contributed by atoms with van der Waals surface area (Å²) >= 11 is 0. The number of carboxylic acids is 1. The first kappa shape index (κ1) is 18.2. The first-order valence-electron chi connectivity index (χ1n) is 7.98. The number of aromatic carboxylic acids is 1. The lowest BCUT2D eigenvalue weighted by Crippen LogP contribution is -2.17. The summed E-state index contributed by atoms with van der Waals surface area (Å²) in [4.78, 5) is 23.2. The Hall–Kier alpha value is -1.84. The van der Waals surface area contributed by atoms with Gasteiger partial charge in [0.25, 0.3) is 0 Å². The van der Waals surface area contributed by atoms with Gasteiger partial charge in [-0.2, -0.15) is 0 Å². The average Bonchev–Trinajstić information content (AvgIpc) is 2.54. The van der Waals surface area contributed by atoms with E-state index < -0.39 is 11.9 Å². The molecule has 22 heavy (non-hydrogen) atoms. The maximum Gasteiger partial charge on any atom is 0.339 e. The van der Waals surface area contributed by atoms with Crippen molar-refractivity contribution in [3.05, 3.63) is 35.4 Å². The van der Waals surface area contributed by atoms with Crippen molar-refractivity contribution in [2.75, 3.05) is 6.61 Å². The van der Waals surface area contributed by atoms with E-state index in [-0.39, 0.29) is 11.1 Å². The third-order valence-corrected chi connectivity index (χ3v) is 4.17. The minimum Gasteiger partial charge on any atom is -0.478 e. The first-order chi connectivity index (χ1) is 10.5. The molecule has 0 heterocycles. The van der Waals surface area contributed by atoms with Crippen molar-refractivity contribution in [3.8, 4) is 0 Å². The van der Waals surface area contributed by atoms with E-state index in [0.29, 0.717) is 18.4 Å². The molecule has 0 aliphatic rings. The highest BCUT2D eigenvalue weighted by molar-refractivity contribution is 6.02. The molecular formula is C18H26O4. The van der Waals surface area contributed by atoms with Crippen LogP contribution < -0.4 is 0 Å². The van der Waals surface area contributed by atoms with E-state index >= 15 is 0 Å². The number of benzene rings is 1. The van der Waals surface area contributed by atoms with E-state index in [4.69, 9.17) is 9.84 Å². The van der Waals surface area contributed by atoms with Gasteiger partial charge < -0.3 is 9.84 Å². The van der Waals surface area contributed by atoms with Gasteiger partial charge in [-0.3, -0.25) is 0 Å². The zero-order valence-electron chi connectivity index (χ0n) is 13.7. The second-order valence-corrected chi connectivity index (χ2v) is 5.81. The van der Waals surface area contributed by atoms with Crippen LogP contribution in [0.2, 0.25) is 0 Å². The number of hydrogen-bond donors (Lipinski definition) is 1. The summed E-state index contributed by atoms with van der Waals surface area (Å²) in [6.07, 6.45) is 4.25. The Balaban J connectivity index is 2.59. The number of carbonyl (C=O) groups excluding carboxylic acids is 1. The molecule has 1 aromatic carbocycles. The van der Waals surface area contributed by atoms with Crippen LogP contribution in [-0.4, -0.2) is 23.7 Å². The van der Waals surface area contributed by atoms with Crippen LogP contribution in [0.5, 0.6) is 0 Å². The lowest BCUT2D eigenvalue weighted by molar-refractivity contribution is 0.0418. The second-order valence-electron chi connectivity index (χ2n) is 5.81. The predicted octanol–water partition coefficient (Wildman–Crippen LogP) is 4.39. The van der Waals surface area contributed by atoms with Gasteiger partial charge in [-0.25, -0.2) is 9.59 Å². The van der Waals surface area contributed by atoms with E-state index in [2.05, 4.69) is 20.8 Å². The van der Waals surface area contributed by atoms with Gasteiger partial charge in [0.1, 0.15) is 0 Å². The van der Waals surface area contributed by atoms with Crippen LogP contribution in [0.3, 0.4) is 0 Å². The second kappa shape index (κ2) is 9.23. The number of carboxylic acid groups (broad SMARTS) is 1. The van der Waals surface area contributed by atoms with Crippen LogP contribution in [0.4, 0.5) is 0 Å². The van der Waals surface area contributed by atoms with Crippen LogP contribution in [0.25, 0.3) is 0 Å². The van der Waals surface area contributed by atoms with Crippen LogP contribution in [0, 0.1) is 11.8 Å². The summed E-state index contributed by atoms with van der Waals surface area (Å²) in [6.45, 7) is 6.83. The Morgan fingerprint density at radius 3 is 2.27 bits per heavy atom. The average molecular weight is 306 g/mol. The quantitative estimate of drug-likeness (QED) is 0.687.